The largest absolute Gasteiger partial charge is 0.480 e. The van der Waals surface area contributed by atoms with Crippen LogP contribution in [0, 0.1) is 17.7 Å². The van der Waals surface area contributed by atoms with E-state index in [9.17, 15) is 9.18 Å². The molecule has 0 bridgehead atoms. The Balaban J connectivity index is 1.39. The molecule has 1 unspecified atom stereocenters. The molecule has 4 heterocycles. The fourth-order valence-electron chi connectivity index (χ4n) is 6.55. The Morgan fingerprint density at radius 3 is 2.68 bits per heavy atom. The van der Waals surface area contributed by atoms with E-state index in [4.69, 9.17) is 9.72 Å². The van der Waals surface area contributed by atoms with Gasteiger partial charge in [0, 0.05) is 55.9 Å². The van der Waals surface area contributed by atoms with Gasteiger partial charge < -0.3 is 19.5 Å². The molecule has 1 spiro atoms. The number of nitrogens with zero attached hydrogens (tertiary/aromatic N) is 3. The third-order valence-corrected chi connectivity index (χ3v) is 8.59. The quantitative estimate of drug-likeness (QED) is 0.716. The summed E-state index contributed by atoms with van der Waals surface area (Å²) in [6.07, 6.45) is 4.49. The minimum atomic E-state index is -0.547. The first-order valence-corrected chi connectivity index (χ1v) is 12.8. The first kappa shape index (κ1) is 22.1. The average Bonchev–Trinajstić information content (AvgIpc) is 3.42. The SMILES string of the molecule is C[C@H]1C[C@@H]1C(=O)N1CCC2(CC1)Oc1ccc(F)cc1-c1nc(C3CCNC(C)(C)C3)n(C)c12. The summed E-state index contributed by atoms with van der Waals surface area (Å²) in [6.45, 7) is 8.95. The number of ether oxygens (including phenoxy) is 1. The Morgan fingerprint density at radius 2 is 2.00 bits per heavy atom. The van der Waals surface area contributed by atoms with E-state index in [2.05, 4.69) is 37.7 Å². The van der Waals surface area contributed by atoms with E-state index in [0.29, 0.717) is 36.6 Å². The van der Waals surface area contributed by atoms with Crippen LogP contribution in [0.15, 0.2) is 18.2 Å². The summed E-state index contributed by atoms with van der Waals surface area (Å²) in [5.74, 6) is 2.81. The minimum absolute atomic E-state index is 0.0548. The molecule has 3 aliphatic heterocycles. The van der Waals surface area contributed by atoms with Crippen molar-refractivity contribution in [2.24, 2.45) is 18.9 Å². The second-order valence-electron chi connectivity index (χ2n) is 11.6. The van der Waals surface area contributed by atoms with Crippen LogP contribution in [0.5, 0.6) is 5.75 Å². The number of imidazole rings is 1. The molecule has 6 nitrogen and oxygen atoms in total. The standard InChI is InChI=1S/C27H35FN4O2/c1-16-13-19(16)25(33)32-11-8-27(9-12-32)23-22(20-14-18(28)5-6-21(20)34-27)30-24(31(23)4)17-7-10-29-26(2,3)15-17/h5-6,14,16-17,19,29H,7-13,15H2,1-4H3/t16-,17?,19-/m0/s1. The molecule has 7 heteroatoms. The molecule has 6 rings (SSSR count). The van der Waals surface area contributed by atoms with Crippen molar-refractivity contribution in [3.8, 4) is 17.0 Å². The summed E-state index contributed by atoms with van der Waals surface area (Å²) in [7, 11) is 2.09. The summed E-state index contributed by atoms with van der Waals surface area (Å²) < 4.78 is 23.2. The van der Waals surface area contributed by atoms with Gasteiger partial charge in [0.25, 0.3) is 0 Å². The Hall–Kier alpha value is -2.41. The molecular formula is C27H35FN4O2. The highest BCUT2D eigenvalue weighted by Gasteiger charge is 2.50. The molecular weight excluding hydrogens is 431 g/mol. The highest BCUT2D eigenvalue weighted by molar-refractivity contribution is 5.82. The van der Waals surface area contributed by atoms with Crippen molar-refractivity contribution in [3.63, 3.8) is 0 Å². The minimum Gasteiger partial charge on any atom is -0.480 e. The summed E-state index contributed by atoms with van der Waals surface area (Å²) in [5, 5.41) is 3.60. The number of carbonyl (C=O) groups is 1. The molecule has 3 atom stereocenters. The molecule has 1 aromatic heterocycles. The second-order valence-corrected chi connectivity index (χ2v) is 11.6. The van der Waals surface area contributed by atoms with Crippen molar-refractivity contribution in [2.75, 3.05) is 19.6 Å². The molecule has 1 saturated carbocycles. The van der Waals surface area contributed by atoms with Crippen molar-refractivity contribution in [3.05, 3.63) is 35.5 Å². The van der Waals surface area contributed by atoms with Gasteiger partial charge in [-0.1, -0.05) is 6.92 Å². The lowest BCUT2D eigenvalue weighted by atomic mass is 9.82. The molecule has 34 heavy (non-hydrogen) atoms. The zero-order chi connectivity index (χ0) is 23.8. The summed E-state index contributed by atoms with van der Waals surface area (Å²) >= 11 is 0. The smallest absolute Gasteiger partial charge is 0.225 e. The Kier molecular flexibility index (Phi) is 4.90. The van der Waals surface area contributed by atoms with Crippen molar-refractivity contribution >= 4 is 5.91 Å². The van der Waals surface area contributed by atoms with Crippen LogP contribution in [0.1, 0.15) is 70.3 Å². The van der Waals surface area contributed by atoms with Gasteiger partial charge in [0.05, 0.1) is 11.4 Å². The molecule has 1 amide bonds. The summed E-state index contributed by atoms with van der Waals surface area (Å²) in [5.41, 5.74) is 2.14. The van der Waals surface area contributed by atoms with Crippen molar-refractivity contribution in [1.29, 1.82) is 0 Å². The van der Waals surface area contributed by atoms with E-state index in [1.807, 2.05) is 4.90 Å². The van der Waals surface area contributed by atoms with Gasteiger partial charge in [-0.3, -0.25) is 4.79 Å². The number of halogens is 1. The van der Waals surface area contributed by atoms with Crippen LogP contribution in [0.3, 0.4) is 0 Å². The van der Waals surface area contributed by atoms with Gasteiger partial charge in [-0.15, -0.1) is 0 Å². The van der Waals surface area contributed by atoms with Gasteiger partial charge in [-0.05, 0) is 63.8 Å². The van der Waals surface area contributed by atoms with Crippen molar-refractivity contribution in [2.45, 2.75) is 69.9 Å². The normalized spacial score (nSPS) is 28.7. The van der Waals surface area contributed by atoms with Crippen molar-refractivity contribution < 1.29 is 13.9 Å². The number of hydrogen-bond acceptors (Lipinski definition) is 4. The summed E-state index contributed by atoms with van der Waals surface area (Å²) in [4.78, 5) is 20.1. The second kappa shape index (κ2) is 7.54. The van der Waals surface area contributed by atoms with Crippen LogP contribution in [-0.4, -0.2) is 45.5 Å². The van der Waals surface area contributed by atoms with E-state index in [-0.39, 0.29) is 17.3 Å². The molecule has 4 aliphatic rings. The number of hydrogen-bond donors (Lipinski definition) is 1. The first-order chi connectivity index (χ1) is 16.2. The van der Waals surface area contributed by atoms with Crippen LogP contribution >= 0.6 is 0 Å². The fourth-order valence-corrected chi connectivity index (χ4v) is 6.55. The molecule has 2 saturated heterocycles. The number of fused-ring (bicyclic) bond motifs is 4. The van der Waals surface area contributed by atoms with E-state index >= 15 is 0 Å². The van der Waals surface area contributed by atoms with Crippen LogP contribution in [0.2, 0.25) is 0 Å². The maximum Gasteiger partial charge on any atom is 0.225 e. The average molecular weight is 467 g/mol. The van der Waals surface area contributed by atoms with Gasteiger partial charge in [0.15, 0.2) is 5.60 Å². The molecule has 3 fully saturated rings. The predicted molar refractivity (Wildman–Crippen MR) is 128 cm³/mol. The fraction of sp³-hybridized carbons (Fsp3) is 0.630. The topological polar surface area (TPSA) is 59.4 Å². The van der Waals surface area contributed by atoms with Gasteiger partial charge >= 0.3 is 0 Å². The van der Waals surface area contributed by atoms with E-state index in [1.165, 1.54) is 6.07 Å². The maximum absolute atomic E-state index is 14.3. The van der Waals surface area contributed by atoms with Gasteiger partial charge in [0.1, 0.15) is 17.4 Å². The van der Waals surface area contributed by atoms with Crippen LogP contribution < -0.4 is 10.1 Å². The molecule has 0 radical (unpaired) electrons. The number of aromatic nitrogens is 2. The number of carbonyl (C=O) groups excluding carboxylic acids is 1. The van der Waals surface area contributed by atoms with Gasteiger partial charge in [-0.25, -0.2) is 9.37 Å². The molecule has 1 aliphatic carbocycles. The van der Waals surface area contributed by atoms with Crippen molar-refractivity contribution in [1.82, 2.24) is 19.8 Å². The first-order valence-electron chi connectivity index (χ1n) is 12.8. The van der Waals surface area contributed by atoms with Crippen LogP contribution in [-0.2, 0) is 17.4 Å². The van der Waals surface area contributed by atoms with E-state index in [1.54, 1.807) is 12.1 Å². The number of benzene rings is 1. The highest BCUT2D eigenvalue weighted by atomic mass is 19.1. The maximum atomic E-state index is 14.3. The van der Waals surface area contributed by atoms with E-state index in [0.717, 1.165) is 61.4 Å². The lowest BCUT2D eigenvalue weighted by Gasteiger charge is -2.44. The Labute approximate surface area is 200 Å². The van der Waals surface area contributed by atoms with Crippen LogP contribution in [0.4, 0.5) is 4.39 Å². The summed E-state index contributed by atoms with van der Waals surface area (Å²) in [6, 6.07) is 4.75. The zero-order valence-electron chi connectivity index (χ0n) is 20.7. The lowest BCUT2D eigenvalue weighted by molar-refractivity contribution is -0.136. The predicted octanol–water partition coefficient (Wildman–Crippen LogP) is 4.34. The van der Waals surface area contributed by atoms with Crippen LogP contribution in [0.25, 0.3) is 11.3 Å². The number of rotatable bonds is 2. The molecule has 2 aromatic rings. The number of piperidine rings is 2. The molecule has 1 aromatic carbocycles. The third-order valence-electron chi connectivity index (χ3n) is 8.59. The Morgan fingerprint density at radius 1 is 1.26 bits per heavy atom. The number of nitrogens with one attached hydrogen (secondary N) is 1. The lowest BCUT2D eigenvalue weighted by Crippen LogP contribution is -2.50. The molecule has 1 N–H and O–H groups in total. The monoisotopic (exact) mass is 466 g/mol. The molecule has 182 valence electrons. The number of amides is 1. The Bertz CT molecular complexity index is 1150. The van der Waals surface area contributed by atoms with E-state index < -0.39 is 5.60 Å². The van der Waals surface area contributed by atoms with Gasteiger partial charge in [-0.2, -0.15) is 0 Å². The zero-order valence-corrected chi connectivity index (χ0v) is 20.7. The third kappa shape index (κ3) is 3.46. The highest BCUT2D eigenvalue weighted by Crippen LogP contribution is 2.51. The van der Waals surface area contributed by atoms with Gasteiger partial charge in [0.2, 0.25) is 5.91 Å². The number of likely N-dealkylation sites (tertiary alicyclic amines) is 1.